The van der Waals surface area contributed by atoms with E-state index in [1.807, 2.05) is 0 Å². The van der Waals surface area contributed by atoms with Gasteiger partial charge in [0.05, 0.1) is 65.2 Å². The zero-order chi connectivity index (χ0) is 50.6. The first kappa shape index (κ1) is 66.0. The molecular formula is C56H103NO12. The van der Waals surface area contributed by atoms with Gasteiger partial charge in [0.25, 0.3) is 0 Å². The number of carbonyl (C=O) groups is 4. The molecule has 1 N–H and O–H groups in total. The second-order valence-corrected chi connectivity index (χ2v) is 19.2. The molecule has 0 aromatic rings. The van der Waals surface area contributed by atoms with Crippen molar-refractivity contribution < 1.29 is 57.1 Å². The lowest BCUT2D eigenvalue weighted by molar-refractivity contribution is -0.154. The Labute approximate surface area is 421 Å². The number of alkyl carbamates (subject to hydrolysis) is 1. The predicted molar refractivity (Wildman–Crippen MR) is 277 cm³/mol. The van der Waals surface area contributed by atoms with Crippen LogP contribution >= 0.6 is 0 Å². The molecule has 0 atom stereocenters. The van der Waals surface area contributed by atoms with Crippen LogP contribution in [0.3, 0.4) is 0 Å². The Bertz CT molecular complexity index is 1180. The number of ether oxygens (including phenoxy) is 8. The molecule has 13 heteroatoms. The number of rotatable bonds is 51. The number of hydrogen-bond donors (Lipinski definition) is 1. The van der Waals surface area contributed by atoms with Crippen molar-refractivity contribution in [2.24, 2.45) is 5.92 Å². The van der Waals surface area contributed by atoms with Crippen molar-refractivity contribution in [2.75, 3.05) is 79.2 Å². The highest BCUT2D eigenvalue weighted by Gasteiger charge is 2.18. The monoisotopic (exact) mass is 982 g/mol. The minimum atomic E-state index is -0.540. The van der Waals surface area contributed by atoms with E-state index in [1.54, 1.807) is 20.8 Å². The lowest BCUT2D eigenvalue weighted by Crippen LogP contribution is -2.34. The SMILES string of the molecule is CCCCCCCC/C=C\CCCCCCCC(=O)OCC(COC(=O)CCCCCCC/C=C\CCCCCCCC)COC(=O)CCOCCOCCOCCOCCNC(=O)OC(C)(C)C. The minimum Gasteiger partial charge on any atom is -0.465 e. The highest BCUT2D eigenvalue weighted by molar-refractivity contribution is 5.70. The van der Waals surface area contributed by atoms with Crippen LogP contribution in [0.5, 0.6) is 0 Å². The third-order valence-electron chi connectivity index (χ3n) is 11.2. The molecule has 0 bridgehead atoms. The van der Waals surface area contributed by atoms with Crippen LogP contribution in [-0.4, -0.2) is 109 Å². The fraction of sp³-hybridized carbons (Fsp3) is 0.857. The summed E-state index contributed by atoms with van der Waals surface area (Å²) < 4.78 is 43.8. The van der Waals surface area contributed by atoms with E-state index >= 15 is 0 Å². The predicted octanol–water partition coefficient (Wildman–Crippen LogP) is 13.3. The van der Waals surface area contributed by atoms with Crippen molar-refractivity contribution >= 4 is 24.0 Å². The molecule has 0 saturated heterocycles. The van der Waals surface area contributed by atoms with Crippen LogP contribution in [0.2, 0.25) is 0 Å². The van der Waals surface area contributed by atoms with Gasteiger partial charge in [-0.2, -0.15) is 0 Å². The van der Waals surface area contributed by atoms with Crippen LogP contribution < -0.4 is 5.32 Å². The fourth-order valence-electron chi connectivity index (χ4n) is 7.13. The highest BCUT2D eigenvalue weighted by atomic mass is 16.6. The second-order valence-electron chi connectivity index (χ2n) is 19.2. The average molecular weight is 982 g/mol. The lowest BCUT2D eigenvalue weighted by atomic mass is 10.1. The Morgan fingerprint density at radius 2 is 0.725 bits per heavy atom. The molecule has 404 valence electrons. The third kappa shape index (κ3) is 54.2. The van der Waals surface area contributed by atoms with Gasteiger partial charge in [0.15, 0.2) is 0 Å². The van der Waals surface area contributed by atoms with E-state index in [4.69, 9.17) is 37.9 Å². The maximum Gasteiger partial charge on any atom is 0.407 e. The number of esters is 3. The van der Waals surface area contributed by atoms with Crippen LogP contribution in [0.15, 0.2) is 24.3 Å². The number of allylic oxidation sites excluding steroid dienone is 4. The molecule has 0 aromatic heterocycles. The Kier molecular flexibility index (Phi) is 49.1. The Morgan fingerprint density at radius 1 is 0.406 bits per heavy atom. The summed E-state index contributed by atoms with van der Waals surface area (Å²) in [6.07, 6.45) is 40.4. The van der Waals surface area contributed by atoms with Crippen molar-refractivity contribution in [2.45, 2.75) is 226 Å². The molecule has 0 saturated carbocycles. The van der Waals surface area contributed by atoms with E-state index in [1.165, 1.54) is 103 Å². The Morgan fingerprint density at radius 3 is 1.10 bits per heavy atom. The molecule has 69 heavy (non-hydrogen) atoms. The molecule has 13 nitrogen and oxygen atoms in total. The topological polar surface area (TPSA) is 154 Å². The van der Waals surface area contributed by atoms with E-state index in [0.29, 0.717) is 65.6 Å². The first-order valence-corrected chi connectivity index (χ1v) is 27.6. The molecule has 0 radical (unpaired) electrons. The standard InChI is InChI=1S/C56H103NO12/c1-6-8-10-12-14-16-18-20-22-24-26-28-30-32-34-36-52(58)66-48-51(49-67-53(59)37-35-33-31-29-27-25-23-21-19-17-15-13-11-9-7-2)50-68-54(60)38-40-62-42-44-64-46-47-65-45-43-63-41-39-57-55(61)69-56(3,4)5/h20-23,51H,6-19,24-50H2,1-5H3,(H,57,61)/b22-20-,23-21-. The van der Waals surface area contributed by atoms with Crippen LogP contribution in [0.25, 0.3) is 0 Å². The summed E-state index contributed by atoms with van der Waals surface area (Å²) in [4.78, 5) is 49.4. The first-order valence-electron chi connectivity index (χ1n) is 27.6. The van der Waals surface area contributed by atoms with E-state index in [2.05, 4.69) is 43.5 Å². The van der Waals surface area contributed by atoms with Gasteiger partial charge in [-0.15, -0.1) is 0 Å². The largest absolute Gasteiger partial charge is 0.465 e. The van der Waals surface area contributed by atoms with Gasteiger partial charge >= 0.3 is 24.0 Å². The van der Waals surface area contributed by atoms with Crippen LogP contribution in [0.1, 0.15) is 221 Å². The highest BCUT2D eigenvalue weighted by Crippen LogP contribution is 2.14. The molecule has 0 aliphatic heterocycles. The molecule has 0 spiro atoms. The van der Waals surface area contributed by atoms with Gasteiger partial charge in [0.2, 0.25) is 0 Å². The van der Waals surface area contributed by atoms with Gasteiger partial charge in [-0.05, 0) is 85.0 Å². The minimum absolute atomic E-state index is 0.00970. The summed E-state index contributed by atoms with van der Waals surface area (Å²) >= 11 is 0. The van der Waals surface area contributed by atoms with Gasteiger partial charge in [-0.1, -0.05) is 141 Å². The molecule has 0 aromatic carbocycles. The van der Waals surface area contributed by atoms with Crippen molar-refractivity contribution in [1.29, 1.82) is 0 Å². The van der Waals surface area contributed by atoms with Gasteiger partial charge < -0.3 is 43.2 Å². The van der Waals surface area contributed by atoms with Crippen molar-refractivity contribution in [3.8, 4) is 0 Å². The number of nitrogens with one attached hydrogen (secondary N) is 1. The zero-order valence-corrected chi connectivity index (χ0v) is 44.8. The van der Waals surface area contributed by atoms with Crippen LogP contribution in [-0.2, 0) is 52.3 Å². The molecule has 0 fully saturated rings. The molecule has 0 aliphatic rings. The number of hydrogen-bond acceptors (Lipinski definition) is 12. The number of amides is 1. The Hall–Kier alpha value is -3.00. The lowest BCUT2D eigenvalue weighted by Gasteiger charge is -2.19. The average Bonchev–Trinajstić information content (AvgIpc) is 3.31. The fourth-order valence-corrected chi connectivity index (χ4v) is 7.13. The van der Waals surface area contributed by atoms with Crippen LogP contribution in [0.4, 0.5) is 4.79 Å². The van der Waals surface area contributed by atoms with Gasteiger partial charge in [-0.3, -0.25) is 14.4 Å². The first-order chi connectivity index (χ1) is 33.6. The maximum absolute atomic E-state index is 12.6. The second kappa shape index (κ2) is 51.4. The zero-order valence-electron chi connectivity index (χ0n) is 44.8. The van der Waals surface area contributed by atoms with E-state index in [-0.39, 0.29) is 44.8 Å². The van der Waals surface area contributed by atoms with Gasteiger partial charge in [-0.25, -0.2) is 4.79 Å². The van der Waals surface area contributed by atoms with Crippen molar-refractivity contribution in [1.82, 2.24) is 5.32 Å². The molecule has 0 heterocycles. The summed E-state index contributed by atoms with van der Waals surface area (Å²) in [7, 11) is 0. The van der Waals surface area contributed by atoms with Crippen LogP contribution in [0, 0.1) is 5.92 Å². The smallest absolute Gasteiger partial charge is 0.407 e. The molecule has 0 unspecified atom stereocenters. The van der Waals surface area contributed by atoms with Crippen molar-refractivity contribution in [3.63, 3.8) is 0 Å². The molecule has 0 rings (SSSR count). The van der Waals surface area contributed by atoms with E-state index < -0.39 is 23.6 Å². The molecule has 1 amide bonds. The summed E-state index contributed by atoms with van der Waals surface area (Å²) in [6.45, 7) is 13.0. The summed E-state index contributed by atoms with van der Waals surface area (Å²) in [5.74, 6) is -1.49. The summed E-state index contributed by atoms with van der Waals surface area (Å²) in [5, 5.41) is 2.63. The molecular weight excluding hydrogens is 879 g/mol. The Balaban J connectivity index is 4.36. The van der Waals surface area contributed by atoms with Gasteiger partial charge in [0.1, 0.15) is 25.4 Å². The number of carbonyl (C=O) groups excluding carboxylic acids is 4. The van der Waals surface area contributed by atoms with Crippen molar-refractivity contribution in [3.05, 3.63) is 24.3 Å². The third-order valence-corrected chi connectivity index (χ3v) is 11.2. The normalized spacial score (nSPS) is 11.8. The van der Waals surface area contributed by atoms with E-state index in [0.717, 1.165) is 64.2 Å². The summed E-state index contributed by atoms with van der Waals surface area (Å²) in [6, 6.07) is 0. The molecule has 0 aliphatic carbocycles. The van der Waals surface area contributed by atoms with E-state index in [9.17, 15) is 19.2 Å². The number of unbranched alkanes of at least 4 members (excludes halogenated alkanes) is 22. The maximum atomic E-state index is 12.6. The summed E-state index contributed by atoms with van der Waals surface area (Å²) in [5.41, 5.74) is -0.540. The quantitative estimate of drug-likeness (QED) is 0.0267. The van der Waals surface area contributed by atoms with Gasteiger partial charge in [0, 0.05) is 19.4 Å².